The Kier molecular flexibility index (Phi) is 5.75. The number of rotatable bonds is 4. The van der Waals surface area contributed by atoms with Crippen LogP contribution >= 0.6 is 0 Å². The molecule has 1 saturated heterocycles. The predicted octanol–water partition coefficient (Wildman–Crippen LogP) is 4.70. The Morgan fingerprint density at radius 1 is 1.23 bits per heavy atom. The van der Waals surface area contributed by atoms with E-state index in [1.165, 1.54) is 50.0 Å². The highest BCUT2D eigenvalue weighted by molar-refractivity contribution is 5.92. The minimum absolute atomic E-state index is 0. The van der Waals surface area contributed by atoms with Crippen molar-refractivity contribution in [3.63, 3.8) is 0 Å². The molecule has 1 aliphatic heterocycles. The number of piperidine rings is 1. The monoisotopic (exact) mass is 410 g/mol. The number of hydrogen-bond acceptors (Lipinski definition) is 3. The standard InChI is InChI=1S/C25H36N4O.H2/c1-24(2,3)11-14-29-15-12-25(13-16-29)10-9-21(19-7-5-6-8-20(19)25)27-23(30)22-17-26-18-28(22)4;/h5-8,17-18,21H,9-16H2,1-4H3,(H,27,30);1H/t21-;/m1./s1. The van der Waals surface area contributed by atoms with Crippen LogP contribution in [0.4, 0.5) is 0 Å². The van der Waals surface area contributed by atoms with Crippen LogP contribution in [0, 0.1) is 5.41 Å². The highest BCUT2D eigenvalue weighted by Crippen LogP contribution is 2.48. The van der Waals surface area contributed by atoms with Crippen LogP contribution in [-0.2, 0) is 12.5 Å². The number of aromatic nitrogens is 2. The van der Waals surface area contributed by atoms with E-state index in [2.05, 4.69) is 60.2 Å². The second kappa shape index (κ2) is 8.18. The molecule has 1 spiro atoms. The van der Waals surface area contributed by atoms with E-state index < -0.39 is 0 Å². The normalized spacial score (nSPS) is 21.4. The fraction of sp³-hybridized carbons (Fsp3) is 0.600. The SMILES string of the molecule is Cn1cncc1C(=O)N[C@@H]1CCC2(CCN(CCC(C)(C)C)CC2)c2ccccc21.[HH]. The smallest absolute Gasteiger partial charge is 0.270 e. The van der Waals surface area contributed by atoms with Crippen LogP contribution in [0.25, 0.3) is 0 Å². The number of imidazole rings is 1. The molecule has 0 unspecified atom stereocenters. The summed E-state index contributed by atoms with van der Waals surface area (Å²) >= 11 is 0. The van der Waals surface area contributed by atoms with Crippen molar-refractivity contribution in [2.24, 2.45) is 12.5 Å². The maximum atomic E-state index is 12.8. The fourth-order valence-electron chi connectivity index (χ4n) is 5.17. The summed E-state index contributed by atoms with van der Waals surface area (Å²) in [6.45, 7) is 10.5. The number of aryl methyl sites for hydroxylation is 1. The molecule has 164 valence electrons. The molecule has 1 aromatic carbocycles. The molecule has 4 rings (SSSR count). The Hall–Kier alpha value is -2.14. The number of benzene rings is 1. The van der Waals surface area contributed by atoms with Crippen LogP contribution in [0.1, 0.15) is 82.0 Å². The lowest BCUT2D eigenvalue weighted by molar-refractivity contribution is 0.0906. The average molecular weight is 411 g/mol. The van der Waals surface area contributed by atoms with Crippen LogP contribution in [0.3, 0.4) is 0 Å². The first-order valence-electron chi connectivity index (χ1n) is 11.4. The van der Waals surface area contributed by atoms with Crippen molar-refractivity contribution in [1.82, 2.24) is 19.8 Å². The zero-order valence-corrected chi connectivity index (χ0v) is 18.9. The number of fused-ring (bicyclic) bond motifs is 2. The zero-order valence-electron chi connectivity index (χ0n) is 18.9. The zero-order chi connectivity index (χ0) is 21.4. The van der Waals surface area contributed by atoms with Crippen LogP contribution in [-0.4, -0.2) is 40.0 Å². The first-order valence-corrected chi connectivity index (χ1v) is 11.4. The summed E-state index contributed by atoms with van der Waals surface area (Å²) in [6.07, 6.45) is 9.15. The van der Waals surface area contributed by atoms with E-state index in [0.29, 0.717) is 11.1 Å². The van der Waals surface area contributed by atoms with Crippen LogP contribution in [0.15, 0.2) is 36.8 Å². The van der Waals surface area contributed by atoms with Crippen LogP contribution < -0.4 is 5.32 Å². The van der Waals surface area contributed by atoms with Gasteiger partial charge in [0.05, 0.1) is 18.6 Å². The van der Waals surface area contributed by atoms with Crippen molar-refractivity contribution in [3.05, 3.63) is 53.6 Å². The molecule has 0 radical (unpaired) electrons. The Balaban J connectivity index is 0.00000272. The molecule has 1 amide bonds. The molecule has 5 heteroatoms. The number of carbonyl (C=O) groups is 1. The first kappa shape index (κ1) is 21.1. The third-order valence-corrected chi connectivity index (χ3v) is 7.16. The van der Waals surface area contributed by atoms with Crippen molar-refractivity contribution in [2.45, 2.75) is 64.3 Å². The van der Waals surface area contributed by atoms with Crippen molar-refractivity contribution >= 4 is 5.91 Å². The number of hydrogen-bond donors (Lipinski definition) is 1. The van der Waals surface area contributed by atoms with Gasteiger partial charge in [-0.2, -0.15) is 0 Å². The number of amides is 1. The highest BCUT2D eigenvalue weighted by atomic mass is 16.2. The summed E-state index contributed by atoms with van der Waals surface area (Å²) in [5.74, 6) is -0.0391. The third-order valence-electron chi connectivity index (χ3n) is 7.16. The molecule has 1 aliphatic carbocycles. The molecule has 5 nitrogen and oxygen atoms in total. The topological polar surface area (TPSA) is 50.2 Å². The number of carbonyl (C=O) groups excluding carboxylic acids is 1. The number of likely N-dealkylation sites (tertiary alicyclic amines) is 1. The van der Waals surface area contributed by atoms with Gasteiger partial charge >= 0.3 is 0 Å². The van der Waals surface area contributed by atoms with E-state index in [4.69, 9.17) is 0 Å². The van der Waals surface area contributed by atoms with Gasteiger partial charge in [0.15, 0.2) is 0 Å². The summed E-state index contributed by atoms with van der Waals surface area (Å²) in [5, 5.41) is 3.28. The van der Waals surface area contributed by atoms with Gasteiger partial charge in [-0.1, -0.05) is 45.0 Å². The van der Waals surface area contributed by atoms with Crippen molar-refractivity contribution in [3.8, 4) is 0 Å². The van der Waals surface area contributed by atoms with Crippen molar-refractivity contribution in [1.29, 1.82) is 0 Å². The molecule has 0 bridgehead atoms. The average Bonchev–Trinajstić information content (AvgIpc) is 3.15. The Bertz CT molecular complexity index is 893. The number of nitrogens with one attached hydrogen (secondary N) is 1. The fourth-order valence-corrected chi connectivity index (χ4v) is 5.17. The van der Waals surface area contributed by atoms with Crippen molar-refractivity contribution in [2.75, 3.05) is 19.6 Å². The highest BCUT2D eigenvalue weighted by Gasteiger charge is 2.42. The Morgan fingerprint density at radius 2 is 1.97 bits per heavy atom. The first-order chi connectivity index (χ1) is 14.3. The maximum absolute atomic E-state index is 12.8. The Labute approximate surface area is 182 Å². The van der Waals surface area contributed by atoms with E-state index >= 15 is 0 Å². The summed E-state index contributed by atoms with van der Waals surface area (Å²) in [5.41, 5.74) is 4.04. The lowest BCUT2D eigenvalue weighted by Gasteiger charge is -2.47. The van der Waals surface area contributed by atoms with Gasteiger partial charge in [0.1, 0.15) is 5.69 Å². The molecule has 1 atom stereocenters. The molecular weight excluding hydrogens is 372 g/mol. The molecule has 30 heavy (non-hydrogen) atoms. The van der Waals surface area contributed by atoms with Crippen molar-refractivity contribution < 1.29 is 6.22 Å². The summed E-state index contributed by atoms with van der Waals surface area (Å²) in [6, 6.07) is 8.88. The quantitative estimate of drug-likeness (QED) is 0.795. The van der Waals surface area contributed by atoms with E-state index in [1.54, 1.807) is 17.1 Å². The summed E-state index contributed by atoms with van der Waals surface area (Å²) < 4.78 is 1.78. The summed E-state index contributed by atoms with van der Waals surface area (Å²) in [7, 11) is 1.86. The third kappa shape index (κ3) is 4.31. The molecule has 0 saturated carbocycles. The Morgan fingerprint density at radius 3 is 2.63 bits per heavy atom. The van der Waals surface area contributed by atoms with Gasteiger partial charge in [0, 0.05) is 8.47 Å². The second-order valence-corrected chi connectivity index (χ2v) is 10.5. The molecule has 2 heterocycles. The van der Waals surface area contributed by atoms with Crippen LogP contribution in [0.2, 0.25) is 0 Å². The molecule has 1 N–H and O–H groups in total. The summed E-state index contributed by atoms with van der Waals surface area (Å²) in [4.78, 5) is 19.5. The van der Waals surface area contributed by atoms with E-state index in [-0.39, 0.29) is 18.8 Å². The second-order valence-electron chi connectivity index (χ2n) is 10.5. The largest absolute Gasteiger partial charge is 0.344 e. The van der Waals surface area contributed by atoms with Crippen LogP contribution in [0.5, 0.6) is 0 Å². The van der Waals surface area contributed by atoms with E-state index in [9.17, 15) is 4.79 Å². The minimum atomic E-state index is -0.0391. The van der Waals surface area contributed by atoms with E-state index in [1.807, 2.05) is 7.05 Å². The minimum Gasteiger partial charge on any atom is -0.344 e. The predicted molar refractivity (Wildman–Crippen MR) is 123 cm³/mol. The van der Waals surface area contributed by atoms with Gasteiger partial charge in [0.2, 0.25) is 0 Å². The lowest BCUT2D eigenvalue weighted by Crippen LogP contribution is -2.46. The van der Waals surface area contributed by atoms with Gasteiger partial charge < -0.3 is 14.8 Å². The molecule has 1 aromatic heterocycles. The lowest BCUT2D eigenvalue weighted by atomic mass is 9.63. The molecular formula is C25H38N4O. The van der Waals surface area contributed by atoms with Gasteiger partial charge in [-0.15, -0.1) is 0 Å². The van der Waals surface area contributed by atoms with Gasteiger partial charge in [0.25, 0.3) is 5.91 Å². The molecule has 2 aliphatic rings. The number of nitrogens with zero attached hydrogens (tertiary/aromatic N) is 3. The molecule has 2 aromatic rings. The van der Waals surface area contributed by atoms with Gasteiger partial charge in [-0.25, -0.2) is 4.98 Å². The molecule has 1 fully saturated rings. The maximum Gasteiger partial charge on any atom is 0.270 e. The van der Waals surface area contributed by atoms with Gasteiger partial charge in [-0.05, 0) is 73.7 Å². The van der Waals surface area contributed by atoms with Gasteiger partial charge in [-0.3, -0.25) is 4.79 Å². The van der Waals surface area contributed by atoms with E-state index in [0.717, 1.165) is 12.8 Å².